The molecule has 1 amide bonds. The number of para-hydroxylation sites is 2. The Hall–Kier alpha value is -1.82. The van der Waals surface area contributed by atoms with Crippen LogP contribution in [-0.2, 0) is 14.3 Å². The van der Waals surface area contributed by atoms with E-state index in [9.17, 15) is 9.59 Å². The maximum absolute atomic E-state index is 12.2. The van der Waals surface area contributed by atoms with Crippen molar-refractivity contribution in [2.24, 2.45) is 4.99 Å². The molecule has 20 heavy (non-hydrogen) atoms. The van der Waals surface area contributed by atoms with E-state index in [2.05, 4.69) is 10.3 Å². The van der Waals surface area contributed by atoms with Crippen molar-refractivity contribution in [1.82, 2.24) is 0 Å². The normalized spacial score (nSPS) is 17.6. The van der Waals surface area contributed by atoms with Gasteiger partial charge in [-0.1, -0.05) is 12.1 Å². The topological polar surface area (TPSA) is 67.8 Å². The third-order valence-corrected chi connectivity index (χ3v) is 4.04. The van der Waals surface area contributed by atoms with Gasteiger partial charge in [0.25, 0.3) is 0 Å². The van der Waals surface area contributed by atoms with Crippen molar-refractivity contribution in [3.63, 3.8) is 0 Å². The predicted molar refractivity (Wildman–Crippen MR) is 80.7 cm³/mol. The molecular weight excluding hydrogens is 276 g/mol. The summed E-state index contributed by atoms with van der Waals surface area (Å²) in [5, 5.41) is 2.35. The lowest BCUT2D eigenvalue weighted by atomic mass is 10.3. The van der Waals surface area contributed by atoms with Crippen LogP contribution in [-0.4, -0.2) is 35.2 Å². The monoisotopic (exact) mass is 292 g/mol. The van der Waals surface area contributed by atoms with Gasteiger partial charge < -0.3 is 10.1 Å². The lowest BCUT2D eigenvalue weighted by Crippen LogP contribution is -2.30. The van der Waals surface area contributed by atoms with Gasteiger partial charge in [0.1, 0.15) is 5.25 Å². The minimum absolute atomic E-state index is 0.134. The molecule has 1 heterocycles. The van der Waals surface area contributed by atoms with E-state index < -0.39 is 5.25 Å². The van der Waals surface area contributed by atoms with Crippen LogP contribution in [0.3, 0.4) is 0 Å². The molecule has 1 N–H and O–H groups in total. The van der Waals surface area contributed by atoms with E-state index in [-0.39, 0.29) is 17.6 Å². The summed E-state index contributed by atoms with van der Waals surface area (Å²) in [7, 11) is 0. The first kappa shape index (κ1) is 14.6. The number of benzene rings is 1. The molecule has 0 saturated carbocycles. The zero-order valence-corrected chi connectivity index (χ0v) is 12.2. The maximum Gasteiger partial charge on any atom is 0.315 e. The van der Waals surface area contributed by atoms with E-state index in [0.29, 0.717) is 18.0 Å². The van der Waals surface area contributed by atoms with Crippen molar-refractivity contribution < 1.29 is 14.3 Å². The summed E-state index contributed by atoms with van der Waals surface area (Å²) in [6.45, 7) is 3.89. The molecule has 0 radical (unpaired) electrons. The summed E-state index contributed by atoms with van der Waals surface area (Å²) in [5.74, 6) is -0.347. The Morgan fingerprint density at radius 3 is 2.95 bits per heavy atom. The van der Waals surface area contributed by atoms with Crippen LogP contribution in [0.15, 0.2) is 29.3 Å². The second kappa shape index (κ2) is 6.56. The number of aliphatic imine (C=N–C) groups is 1. The number of carbonyl (C=O) groups is 2. The van der Waals surface area contributed by atoms with Gasteiger partial charge in [-0.05, 0) is 26.0 Å². The quantitative estimate of drug-likeness (QED) is 0.865. The van der Waals surface area contributed by atoms with E-state index in [4.69, 9.17) is 4.74 Å². The molecule has 2 rings (SSSR count). The zero-order valence-electron chi connectivity index (χ0n) is 11.4. The van der Waals surface area contributed by atoms with E-state index >= 15 is 0 Å². The summed E-state index contributed by atoms with van der Waals surface area (Å²) in [5.41, 5.74) is 2.11. The number of esters is 1. The average molecular weight is 292 g/mol. The summed E-state index contributed by atoms with van der Waals surface area (Å²) in [6, 6.07) is 7.36. The van der Waals surface area contributed by atoms with Crippen LogP contribution in [0.5, 0.6) is 0 Å². The number of fused-ring (bicyclic) bond motifs is 1. The van der Waals surface area contributed by atoms with Gasteiger partial charge in [-0.3, -0.25) is 14.6 Å². The van der Waals surface area contributed by atoms with E-state index in [0.717, 1.165) is 5.69 Å². The maximum atomic E-state index is 12.2. The van der Waals surface area contributed by atoms with Gasteiger partial charge in [0.2, 0.25) is 5.91 Å². The standard InChI is InChI=1S/C14H16N2O3S/c1-3-19-12(17)8-20-13-9(2)15-10-6-4-5-7-11(10)16-14(13)18/h4-7,13H,3,8H2,1-2H3,(H,16,18). The van der Waals surface area contributed by atoms with Crippen LogP contribution in [0.2, 0.25) is 0 Å². The molecule has 6 heteroatoms. The minimum Gasteiger partial charge on any atom is -0.465 e. The number of anilines is 1. The van der Waals surface area contributed by atoms with Gasteiger partial charge in [0.15, 0.2) is 0 Å². The number of ether oxygens (including phenoxy) is 1. The second-order valence-corrected chi connectivity index (χ2v) is 5.35. The Bertz CT molecular complexity index is 557. The van der Waals surface area contributed by atoms with Crippen LogP contribution < -0.4 is 5.32 Å². The lowest BCUT2D eigenvalue weighted by molar-refractivity contribution is -0.139. The van der Waals surface area contributed by atoms with E-state index in [1.807, 2.05) is 24.3 Å². The fraction of sp³-hybridized carbons (Fsp3) is 0.357. The van der Waals surface area contributed by atoms with Crippen LogP contribution in [0.1, 0.15) is 13.8 Å². The van der Waals surface area contributed by atoms with E-state index in [1.165, 1.54) is 11.8 Å². The molecule has 0 fully saturated rings. The Labute approximate surface area is 121 Å². The molecule has 1 aliphatic heterocycles. The number of nitrogens with one attached hydrogen (secondary N) is 1. The number of rotatable bonds is 4. The van der Waals surface area contributed by atoms with Gasteiger partial charge in [-0.25, -0.2) is 0 Å². The second-order valence-electron chi connectivity index (χ2n) is 4.26. The van der Waals surface area contributed by atoms with Crippen molar-refractivity contribution >= 4 is 40.7 Å². The van der Waals surface area contributed by atoms with Crippen molar-refractivity contribution in [2.45, 2.75) is 19.1 Å². The third kappa shape index (κ3) is 3.39. The summed E-state index contributed by atoms with van der Waals surface area (Å²) >= 11 is 1.23. The molecule has 0 saturated heterocycles. The van der Waals surface area contributed by atoms with Crippen molar-refractivity contribution in [3.8, 4) is 0 Å². The summed E-state index contributed by atoms with van der Waals surface area (Å²) < 4.78 is 4.87. The van der Waals surface area contributed by atoms with Crippen molar-refractivity contribution in [2.75, 3.05) is 17.7 Å². The van der Waals surface area contributed by atoms with Gasteiger partial charge in [0, 0.05) is 5.71 Å². The highest BCUT2D eigenvalue weighted by Gasteiger charge is 2.26. The van der Waals surface area contributed by atoms with E-state index in [1.54, 1.807) is 13.8 Å². The van der Waals surface area contributed by atoms with Gasteiger partial charge >= 0.3 is 5.97 Å². The fourth-order valence-corrected chi connectivity index (χ4v) is 2.75. The third-order valence-electron chi connectivity index (χ3n) is 2.75. The van der Waals surface area contributed by atoms with Gasteiger partial charge in [-0.2, -0.15) is 0 Å². The molecular formula is C14H16N2O3S. The molecule has 5 nitrogen and oxygen atoms in total. The molecule has 1 aliphatic rings. The smallest absolute Gasteiger partial charge is 0.315 e. The molecule has 0 aliphatic carbocycles. The summed E-state index contributed by atoms with van der Waals surface area (Å²) in [4.78, 5) is 28.0. The lowest BCUT2D eigenvalue weighted by Gasteiger charge is -2.13. The highest BCUT2D eigenvalue weighted by molar-refractivity contribution is 8.02. The number of hydrogen-bond donors (Lipinski definition) is 1. The largest absolute Gasteiger partial charge is 0.465 e. The zero-order chi connectivity index (χ0) is 14.5. The van der Waals surface area contributed by atoms with Crippen LogP contribution in [0, 0.1) is 0 Å². The first-order valence-corrected chi connectivity index (χ1v) is 7.39. The van der Waals surface area contributed by atoms with Crippen LogP contribution >= 0.6 is 11.8 Å². The summed E-state index contributed by atoms with van der Waals surface area (Å²) in [6.07, 6.45) is 0. The van der Waals surface area contributed by atoms with Gasteiger partial charge in [-0.15, -0.1) is 11.8 Å². The highest BCUT2D eigenvalue weighted by atomic mass is 32.2. The first-order chi connectivity index (χ1) is 9.61. The van der Waals surface area contributed by atoms with Crippen molar-refractivity contribution in [1.29, 1.82) is 0 Å². The molecule has 0 spiro atoms. The Morgan fingerprint density at radius 2 is 2.20 bits per heavy atom. The average Bonchev–Trinajstić information content (AvgIpc) is 2.52. The van der Waals surface area contributed by atoms with Crippen molar-refractivity contribution in [3.05, 3.63) is 24.3 Å². The predicted octanol–water partition coefficient (Wildman–Crippen LogP) is 2.40. The molecule has 1 aromatic rings. The Balaban J connectivity index is 2.12. The number of carbonyl (C=O) groups excluding carboxylic acids is 2. The molecule has 106 valence electrons. The van der Waals surface area contributed by atoms with Crippen LogP contribution in [0.25, 0.3) is 0 Å². The first-order valence-electron chi connectivity index (χ1n) is 6.34. The molecule has 1 unspecified atom stereocenters. The molecule has 1 atom stereocenters. The number of amides is 1. The number of hydrogen-bond acceptors (Lipinski definition) is 5. The SMILES string of the molecule is CCOC(=O)CSC1C(=O)Nc2ccccc2N=C1C. The minimum atomic E-state index is -0.480. The molecule has 0 aromatic heterocycles. The van der Waals surface area contributed by atoms with Gasteiger partial charge in [0.05, 0.1) is 23.7 Å². The number of nitrogens with zero attached hydrogens (tertiary/aromatic N) is 1. The Morgan fingerprint density at radius 1 is 1.45 bits per heavy atom. The highest BCUT2D eigenvalue weighted by Crippen LogP contribution is 2.30. The Kier molecular flexibility index (Phi) is 4.79. The molecule has 1 aromatic carbocycles. The van der Waals surface area contributed by atoms with Crippen LogP contribution in [0.4, 0.5) is 11.4 Å². The number of thioether (sulfide) groups is 1. The fourth-order valence-electron chi connectivity index (χ4n) is 1.86. The molecule has 0 bridgehead atoms.